The lowest BCUT2D eigenvalue weighted by Crippen LogP contribution is -2.42. The Morgan fingerprint density at radius 1 is 1.25 bits per heavy atom. The average molecular weight is 356 g/mol. The van der Waals surface area contributed by atoms with E-state index in [0.717, 1.165) is 22.6 Å². The summed E-state index contributed by atoms with van der Waals surface area (Å²) in [6.45, 7) is 2.65. The zero-order valence-corrected chi connectivity index (χ0v) is 14.2. The maximum atomic E-state index is 12.6. The van der Waals surface area contributed by atoms with Crippen LogP contribution in [0.3, 0.4) is 0 Å². The van der Waals surface area contributed by atoms with Crippen molar-refractivity contribution in [2.75, 3.05) is 7.05 Å². The van der Waals surface area contributed by atoms with Gasteiger partial charge in [-0.25, -0.2) is 0 Å². The molecule has 0 bridgehead atoms. The van der Waals surface area contributed by atoms with Crippen LogP contribution >= 0.6 is 11.3 Å². The lowest BCUT2D eigenvalue weighted by Gasteiger charge is -2.24. The number of thiophene rings is 1. The van der Waals surface area contributed by atoms with Gasteiger partial charge in [0.15, 0.2) is 0 Å². The molecule has 0 radical (unpaired) electrons. The molecule has 2 rings (SSSR count). The van der Waals surface area contributed by atoms with Crippen LogP contribution in [-0.4, -0.2) is 23.9 Å². The molecule has 2 aromatic rings. The smallest absolute Gasteiger partial charge is 0.350 e. The first-order chi connectivity index (χ1) is 11.3. The van der Waals surface area contributed by atoms with Crippen LogP contribution in [0.1, 0.15) is 22.9 Å². The Bertz CT molecular complexity index is 653. The molecule has 1 atom stereocenters. The molecular weight excluding hydrogens is 337 g/mol. The van der Waals surface area contributed by atoms with E-state index in [2.05, 4.69) is 5.32 Å². The summed E-state index contributed by atoms with van der Waals surface area (Å²) in [5.41, 5.74) is 0.0547. The maximum absolute atomic E-state index is 12.6. The van der Waals surface area contributed by atoms with Crippen LogP contribution in [0.5, 0.6) is 0 Å². The van der Waals surface area contributed by atoms with Crippen molar-refractivity contribution < 1.29 is 18.0 Å². The van der Waals surface area contributed by atoms with Crippen LogP contribution in [0.25, 0.3) is 0 Å². The Morgan fingerprint density at radius 3 is 2.46 bits per heavy atom. The van der Waals surface area contributed by atoms with Gasteiger partial charge >= 0.3 is 6.18 Å². The highest BCUT2D eigenvalue weighted by atomic mass is 32.1. The van der Waals surface area contributed by atoms with Crippen LogP contribution in [0.2, 0.25) is 0 Å². The molecule has 1 aromatic carbocycles. The molecule has 0 fully saturated rings. The van der Waals surface area contributed by atoms with Crippen LogP contribution < -0.4 is 5.32 Å². The minimum atomic E-state index is -4.33. The number of likely N-dealkylation sites (N-methyl/N-ethyl adjacent to an activating group) is 1. The number of hydrogen-bond donors (Lipinski definition) is 1. The van der Waals surface area contributed by atoms with Gasteiger partial charge in [0.2, 0.25) is 5.91 Å². The molecule has 1 N–H and O–H groups in total. The fourth-order valence-electron chi connectivity index (χ4n) is 2.16. The van der Waals surface area contributed by atoms with E-state index < -0.39 is 11.7 Å². The number of carbonyl (C=O) groups excluding carboxylic acids is 1. The van der Waals surface area contributed by atoms with Gasteiger partial charge in [0, 0.05) is 11.4 Å². The summed E-state index contributed by atoms with van der Waals surface area (Å²) in [7, 11) is 1.77. The highest BCUT2D eigenvalue weighted by Crippen LogP contribution is 2.29. The molecule has 1 amide bonds. The summed E-state index contributed by atoms with van der Waals surface area (Å²) in [5, 5.41) is 4.81. The molecule has 130 valence electrons. The quantitative estimate of drug-likeness (QED) is 0.851. The first-order valence-electron chi connectivity index (χ1n) is 7.44. The van der Waals surface area contributed by atoms with Crippen molar-refractivity contribution in [2.24, 2.45) is 0 Å². The number of hydrogen-bond acceptors (Lipinski definition) is 3. The summed E-state index contributed by atoms with van der Waals surface area (Å²) in [6.07, 6.45) is -4.33. The van der Waals surface area contributed by atoms with E-state index in [4.69, 9.17) is 0 Å². The number of nitrogens with one attached hydrogen (secondary N) is 1. The van der Waals surface area contributed by atoms with E-state index in [0.29, 0.717) is 13.1 Å². The fourth-order valence-corrected chi connectivity index (χ4v) is 2.80. The number of nitrogens with zero attached hydrogens (tertiary/aromatic N) is 1. The van der Waals surface area contributed by atoms with E-state index in [-0.39, 0.29) is 11.9 Å². The van der Waals surface area contributed by atoms with Gasteiger partial charge in [0.25, 0.3) is 0 Å². The Morgan fingerprint density at radius 2 is 1.92 bits per heavy atom. The van der Waals surface area contributed by atoms with Gasteiger partial charge in [-0.3, -0.25) is 9.69 Å². The van der Waals surface area contributed by atoms with Gasteiger partial charge in [-0.2, -0.15) is 13.2 Å². The van der Waals surface area contributed by atoms with Gasteiger partial charge in [-0.1, -0.05) is 18.2 Å². The Kier molecular flexibility index (Phi) is 6.01. The molecule has 0 aliphatic carbocycles. The summed E-state index contributed by atoms with van der Waals surface area (Å²) in [6, 6.07) is 8.49. The first kappa shape index (κ1) is 18.5. The van der Waals surface area contributed by atoms with Crippen LogP contribution in [0.15, 0.2) is 41.8 Å². The molecule has 1 heterocycles. The molecule has 24 heavy (non-hydrogen) atoms. The van der Waals surface area contributed by atoms with Crippen molar-refractivity contribution in [2.45, 2.75) is 32.2 Å². The SMILES string of the molecule is C[C@@H](C(=O)NCc1cccs1)N(C)Cc1ccc(C(F)(F)F)cc1. The van der Waals surface area contributed by atoms with Crippen molar-refractivity contribution in [1.29, 1.82) is 0 Å². The lowest BCUT2D eigenvalue weighted by atomic mass is 10.1. The van der Waals surface area contributed by atoms with Crippen LogP contribution in [0.4, 0.5) is 13.2 Å². The monoisotopic (exact) mass is 356 g/mol. The van der Waals surface area contributed by atoms with Crippen molar-refractivity contribution in [3.8, 4) is 0 Å². The van der Waals surface area contributed by atoms with Crippen molar-refractivity contribution >= 4 is 17.2 Å². The third kappa shape index (κ3) is 5.07. The zero-order valence-electron chi connectivity index (χ0n) is 13.4. The number of benzene rings is 1. The topological polar surface area (TPSA) is 32.3 Å². The fraction of sp³-hybridized carbons (Fsp3) is 0.353. The van der Waals surface area contributed by atoms with E-state index >= 15 is 0 Å². The number of carbonyl (C=O) groups is 1. The third-order valence-electron chi connectivity index (χ3n) is 3.77. The van der Waals surface area contributed by atoms with Gasteiger partial charge in [-0.15, -0.1) is 11.3 Å². The second kappa shape index (κ2) is 7.81. The maximum Gasteiger partial charge on any atom is 0.416 e. The van der Waals surface area contributed by atoms with Crippen molar-refractivity contribution in [3.63, 3.8) is 0 Å². The first-order valence-corrected chi connectivity index (χ1v) is 8.32. The minimum Gasteiger partial charge on any atom is -0.350 e. The summed E-state index contributed by atoms with van der Waals surface area (Å²) >= 11 is 1.57. The Labute approximate surface area is 143 Å². The third-order valence-corrected chi connectivity index (χ3v) is 4.65. The predicted octanol–water partition coefficient (Wildman–Crippen LogP) is 3.90. The number of rotatable bonds is 6. The molecule has 1 aromatic heterocycles. The summed E-state index contributed by atoms with van der Waals surface area (Å²) < 4.78 is 37.7. The molecule has 0 aliphatic rings. The van der Waals surface area contributed by atoms with Gasteiger partial charge in [0.05, 0.1) is 18.2 Å². The Balaban J connectivity index is 1.88. The highest BCUT2D eigenvalue weighted by Gasteiger charge is 2.30. The Hall–Kier alpha value is -1.86. The van der Waals surface area contributed by atoms with Gasteiger partial charge in [-0.05, 0) is 43.1 Å². The van der Waals surface area contributed by atoms with Gasteiger partial charge in [0.1, 0.15) is 0 Å². The van der Waals surface area contributed by atoms with E-state index in [9.17, 15) is 18.0 Å². The van der Waals surface area contributed by atoms with Gasteiger partial charge < -0.3 is 5.32 Å². The second-order valence-corrected chi connectivity index (χ2v) is 6.62. The molecule has 7 heteroatoms. The van der Waals surface area contributed by atoms with Crippen LogP contribution in [-0.2, 0) is 24.1 Å². The number of amides is 1. The molecule has 0 unspecified atom stereocenters. The molecule has 0 aliphatic heterocycles. The molecule has 0 spiro atoms. The predicted molar refractivity (Wildman–Crippen MR) is 88.5 cm³/mol. The summed E-state index contributed by atoms with van der Waals surface area (Å²) in [4.78, 5) is 15.0. The highest BCUT2D eigenvalue weighted by molar-refractivity contribution is 7.09. The normalized spacial score (nSPS) is 13.1. The summed E-state index contributed by atoms with van der Waals surface area (Å²) in [5.74, 6) is -0.113. The molecular formula is C17H19F3N2OS. The lowest BCUT2D eigenvalue weighted by molar-refractivity contribution is -0.137. The number of halogens is 3. The largest absolute Gasteiger partial charge is 0.416 e. The minimum absolute atomic E-state index is 0.113. The van der Waals surface area contributed by atoms with E-state index in [1.165, 1.54) is 12.1 Å². The molecule has 3 nitrogen and oxygen atoms in total. The standard InChI is InChI=1S/C17H19F3N2OS/c1-12(16(23)21-10-15-4-3-9-24-15)22(2)11-13-5-7-14(8-6-13)17(18,19)20/h3-9,12H,10-11H2,1-2H3,(H,21,23)/t12-/m0/s1. The molecule has 0 saturated heterocycles. The zero-order chi connectivity index (χ0) is 17.7. The van der Waals surface area contributed by atoms with Crippen LogP contribution in [0, 0.1) is 0 Å². The molecule has 0 saturated carbocycles. The van der Waals surface area contributed by atoms with E-state index in [1.54, 1.807) is 30.2 Å². The average Bonchev–Trinajstić information content (AvgIpc) is 3.05. The van der Waals surface area contributed by atoms with Crippen molar-refractivity contribution in [3.05, 3.63) is 57.8 Å². The second-order valence-electron chi connectivity index (χ2n) is 5.58. The van der Waals surface area contributed by atoms with E-state index in [1.807, 2.05) is 17.5 Å². The van der Waals surface area contributed by atoms with Crippen molar-refractivity contribution in [1.82, 2.24) is 10.2 Å². The number of alkyl halides is 3.